The van der Waals surface area contributed by atoms with Gasteiger partial charge in [0.1, 0.15) is 29.7 Å². The molecule has 4 N–H and O–H groups in total. The SMILES string of the molecule is CC[C@@](C)(NC1=CC=NC(c2c[nH]c3ncccc23)N1)C(=O)NCC(F)(F)F. The van der Waals surface area contributed by atoms with Gasteiger partial charge in [0, 0.05) is 29.6 Å². The van der Waals surface area contributed by atoms with E-state index in [1.165, 1.54) is 0 Å². The van der Waals surface area contributed by atoms with Gasteiger partial charge in [0.05, 0.1) is 0 Å². The monoisotopic (exact) mass is 394 g/mol. The maximum Gasteiger partial charge on any atom is 0.405 e. The van der Waals surface area contributed by atoms with E-state index >= 15 is 0 Å². The summed E-state index contributed by atoms with van der Waals surface area (Å²) in [4.78, 5) is 24.0. The molecule has 0 aliphatic carbocycles. The maximum atomic E-state index is 12.4. The number of hydrogen-bond donors (Lipinski definition) is 4. The molecule has 1 aliphatic rings. The van der Waals surface area contributed by atoms with E-state index in [9.17, 15) is 18.0 Å². The lowest BCUT2D eigenvalue weighted by molar-refractivity contribution is -0.142. The number of H-pyrrole nitrogens is 1. The van der Waals surface area contributed by atoms with Gasteiger partial charge in [-0.2, -0.15) is 13.2 Å². The van der Waals surface area contributed by atoms with Gasteiger partial charge < -0.3 is 20.9 Å². The molecular formula is C18H21F3N6O. The molecule has 2 aromatic rings. The summed E-state index contributed by atoms with van der Waals surface area (Å²) in [5, 5.41) is 9.02. The number of amides is 1. The van der Waals surface area contributed by atoms with Crippen LogP contribution in [0.4, 0.5) is 13.2 Å². The highest BCUT2D eigenvalue weighted by molar-refractivity contribution is 5.86. The molecule has 150 valence electrons. The van der Waals surface area contributed by atoms with Crippen LogP contribution in [0, 0.1) is 0 Å². The minimum absolute atomic E-state index is 0.286. The van der Waals surface area contributed by atoms with E-state index in [0.29, 0.717) is 5.82 Å². The number of hydrogen-bond acceptors (Lipinski definition) is 5. The van der Waals surface area contributed by atoms with Crippen molar-refractivity contribution in [1.29, 1.82) is 0 Å². The smallest absolute Gasteiger partial charge is 0.358 e. The molecule has 10 heteroatoms. The van der Waals surface area contributed by atoms with E-state index in [-0.39, 0.29) is 6.42 Å². The van der Waals surface area contributed by atoms with Crippen molar-refractivity contribution < 1.29 is 18.0 Å². The highest BCUT2D eigenvalue weighted by Gasteiger charge is 2.36. The third kappa shape index (κ3) is 4.26. The van der Waals surface area contributed by atoms with Crippen molar-refractivity contribution in [3.63, 3.8) is 0 Å². The molecule has 1 amide bonds. The van der Waals surface area contributed by atoms with E-state index in [4.69, 9.17) is 0 Å². The van der Waals surface area contributed by atoms with Crippen molar-refractivity contribution in [3.05, 3.63) is 42.0 Å². The fourth-order valence-corrected chi connectivity index (χ4v) is 2.85. The number of carbonyl (C=O) groups excluding carboxylic acids is 1. The summed E-state index contributed by atoms with van der Waals surface area (Å²) >= 11 is 0. The third-order valence-electron chi connectivity index (χ3n) is 4.61. The number of fused-ring (bicyclic) bond motifs is 1. The van der Waals surface area contributed by atoms with Crippen LogP contribution in [0.25, 0.3) is 11.0 Å². The van der Waals surface area contributed by atoms with Crippen LogP contribution in [-0.2, 0) is 4.79 Å². The van der Waals surface area contributed by atoms with E-state index in [1.54, 1.807) is 38.5 Å². The molecule has 0 aromatic carbocycles. The summed E-state index contributed by atoms with van der Waals surface area (Å²) in [6.45, 7) is 1.90. The Bertz CT molecular complexity index is 919. The minimum atomic E-state index is -4.46. The van der Waals surface area contributed by atoms with Crippen molar-refractivity contribution >= 4 is 23.2 Å². The summed E-state index contributed by atoms with van der Waals surface area (Å²) in [5.41, 5.74) is 0.372. The Kier molecular flexibility index (Phi) is 5.30. The van der Waals surface area contributed by atoms with Crippen molar-refractivity contribution in [2.45, 2.75) is 38.1 Å². The van der Waals surface area contributed by atoms with Crippen LogP contribution in [0.3, 0.4) is 0 Å². The second-order valence-electron chi connectivity index (χ2n) is 6.68. The molecule has 1 unspecified atom stereocenters. The quantitative estimate of drug-likeness (QED) is 0.606. The van der Waals surface area contributed by atoms with Gasteiger partial charge in [-0.05, 0) is 31.6 Å². The zero-order valence-corrected chi connectivity index (χ0v) is 15.4. The van der Waals surface area contributed by atoms with Crippen LogP contribution in [-0.4, -0.2) is 40.3 Å². The molecule has 3 rings (SSSR count). The molecular weight excluding hydrogens is 373 g/mol. The second-order valence-corrected chi connectivity index (χ2v) is 6.68. The number of pyridine rings is 1. The van der Waals surface area contributed by atoms with Crippen LogP contribution in [0.2, 0.25) is 0 Å². The number of allylic oxidation sites excluding steroid dienone is 1. The van der Waals surface area contributed by atoms with Crippen LogP contribution < -0.4 is 16.0 Å². The first-order valence-corrected chi connectivity index (χ1v) is 8.77. The number of rotatable bonds is 6. The number of nitrogens with zero attached hydrogens (tertiary/aromatic N) is 2. The maximum absolute atomic E-state index is 12.4. The molecule has 1 aliphatic heterocycles. The average molecular weight is 394 g/mol. The highest BCUT2D eigenvalue weighted by Crippen LogP contribution is 2.26. The molecule has 0 saturated carbocycles. The minimum Gasteiger partial charge on any atom is -0.358 e. The normalized spacial score (nSPS) is 18.9. The van der Waals surface area contributed by atoms with E-state index in [0.717, 1.165) is 16.6 Å². The Hall–Kier alpha value is -3.04. The zero-order chi connectivity index (χ0) is 20.4. The fraction of sp³-hybridized carbons (Fsp3) is 0.389. The number of halogens is 3. The Morgan fingerprint density at radius 2 is 2.14 bits per heavy atom. The molecule has 0 spiro atoms. The number of nitrogens with one attached hydrogen (secondary N) is 4. The molecule has 2 atom stereocenters. The van der Waals surface area contributed by atoms with Gasteiger partial charge in [-0.1, -0.05) is 6.92 Å². The summed E-state index contributed by atoms with van der Waals surface area (Å²) < 4.78 is 37.3. The van der Waals surface area contributed by atoms with Crippen LogP contribution in [0.1, 0.15) is 32.0 Å². The first-order chi connectivity index (χ1) is 13.2. The molecule has 0 radical (unpaired) electrons. The lowest BCUT2D eigenvalue weighted by Gasteiger charge is -2.33. The third-order valence-corrected chi connectivity index (χ3v) is 4.61. The molecule has 0 fully saturated rings. The van der Waals surface area contributed by atoms with Crippen molar-refractivity contribution in [2.75, 3.05) is 6.54 Å². The molecule has 0 saturated heterocycles. The number of aliphatic imine (C=N–C) groups is 1. The van der Waals surface area contributed by atoms with Crippen molar-refractivity contribution in [2.24, 2.45) is 4.99 Å². The predicted molar refractivity (Wildman–Crippen MR) is 99.4 cm³/mol. The van der Waals surface area contributed by atoms with Crippen molar-refractivity contribution in [3.8, 4) is 0 Å². The number of alkyl halides is 3. The highest BCUT2D eigenvalue weighted by atomic mass is 19.4. The lowest BCUT2D eigenvalue weighted by atomic mass is 9.97. The topological polar surface area (TPSA) is 94.2 Å². The summed E-state index contributed by atoms with van der Waals surface area (Å²) in [6.07, 6.45) is 2.09. The van der Waals surface area contributed by atoms with Gasteiger partial charge in [0.2, 0.25) is 5.91 Å². The van der Waals surface area contributed by atoms with E-state index < -0.39 is 30.3 Å². The standard InChI is InChI=1S/C18H21F3N6O/c1-3-17(2,16(28)25-10-18(19,20)21)27-13-6-8-23-15(26-13)12-9-24-14-11(12)5-4-7-22-14/h4-9,15,26-27H,3,10H2,1-2H3,(H,22,24)(H,25,28)/t15?,17-/m1/s1. The first kappa shape index (κ1) is 19.7. The molecule has 7 nitrogen and oxygen atoms in total. The van der Waals surface area contributed by atoms with Crippen LogP contribution in [0.15, 0.2) is 41.4 Å². The van der Waals surface area contributed by atoms with Crippen molar-refractivity contribution in [1.82, 2.24) is 25.9 Å². The lowest BCUT2D eigenvalue weighted by Crippen LogP contribution is -2.57. The largest absolute Gasteiger partial charge is 0.405 e. The summed E-state index contributed by atoms with van der Waals surface area (Å²) in [7, 11) is 0. The van der Waals surface area contributed by atoms with Gasteiger partial charge in [-0.15, -0.1) is 0 Å². The van der Waals surface area contributed by atoms with Gasteiger partial charge in [0.25, 0.3) is 0 Å². The Labute approximate surface area is 159 Å². The number of aromatic nitrogens is 2. The fourth-order valence-electron chi connectivity index (χ4n) is 2.85. The predicted octanol–water partition coefficient (Wildman–Crippen LogP) is 2.51. The number of carbonyl (C=O) groups is 1. The zero-order valence-electron chi connectivity index (χ0n) is 15.4. The van der Waals surface area contributed by atoms with Crippen LogP contribution in [0.5, 0.6) is 0 Å². The molecule has 3 heterocycles. The van der Waals surface area contributed by atoms with Crippen LogP contribution >= 0.6 is 0 Å². The first-order valence-electron chi connectivity index (χ1n) is 8.77. The van der Waals surface area contributed by atoms with Gasteiger partial charge in [-0.3, -0.25) is 9.79 Å². The summed E-state index contributed by atoms with van der Waals surface area (Å²) in [6, 6.07) is 3.73. The van der Waals surface area contributed by atoms with E-state index in [2.05, 4.69) is 25.6 Å². The number of aromatic amines is 1. The van der Waals surface area contributed by atoms with Gasteiger partial charge in [0.15, 0.2) is 0 Å². The Morgan fingerprint density at radius 1 is 1.36 bits per heavy atom. The molecule has 2 aromatic heterocycles. The van der Waals surface area contributed by atoms with E-state index in [1.807, 2.05) is 17.4 Å². The van der Waals surface area contributed by atoms with Gasteiger partial charge in [-0.25, -0.2) is 4.98 Å². The van der Waals surface area contributed by atoms with Gasteiger partial charge >= 0.3 is 6.18 Å². The Morgan fingerprint density at radius 3 is 2.86 bits per heavy atom. The summed E-state index contributed by atoms with van der Waals surface area (Å²) in [5.74, 6) is -0.241. The molecule has 28 heavy (non-hydrogen) atoms. The Balaban J connectivity index is 1.72. The average Bonchev–Trinajstić information content (AvgIpc) is 3.09. The second kappa shape index (κ2) is 7.53. The molecule has 0 bridgehead atoms.